The monoisotopic (exact) mass is 294 g/mol. The molecule has 0 heterocycles. The minimum Gasteiger partial charge on any atom is -0.149 e. The quantitative estimate of drug-likeness (QED) is 0.551. The van der Waals surface area contributed by atoms with Crippen molar-refractivity contribution in [1.29, 1.82) is 15.8 Å². The second-order valence-electron chi connectivity index (χ2n) is 1.81. The third kappa shape index (κ3) is 1.91. The number of nitriles is 3. The van der Waals surface area contributed by atoms with E-state index in [0.717, 1.165) is 0 Å². The molecule has 11 heavy (non-hydrogen) atoms. The molecule has 0 aliphatic rings. The van der Waals surface area contributed by atoms with Gasteiger partial charge in [0.1, 0.15) is 0 Å². The van der Waals surface area contributed by atoms with Gasteiger partial charge in [0.15, 0.2) is 0 Å². The first-order valence-corrected chi connectivity index (χ1v) is 5.82. The van der Waals surface area contributed by atoms with Gasteiger partial charge in [0.05, 0.1) is 0 Å². The Balaban J connectivity index is 5.16. The highest BCUT2D eigenvalue weighted by molar-refractivity contribution is 9.27. The Morgan fingerprint density at radius 2 is 1.36 bits per heavy atom. The number of hydrogen-bond donors (Lipinski definition) is 0. The van der Waals surface area contributed by atoms with Gasteiger partial charge in [-0.2, -0.15) is 0 Å². The second-order valence-corrected chi connectivity index (χ2v) is 10.1. The van der Waals surface area contributed by atoms with Gasteiger partial charge in [0.2, 0.25) is 2.97 Å². The van der Waals surface area contributed by atoms with Gasteiger partial charge < -0.3 is 0 Å². The molecular formula is C5H3Br2N3P+. The number of hydrogen-bond acceptors (Lipinski definition) is 3. The number of alkyl halides is 2. The van der Waals surface area contributed by atoms with E-state index in [1.165, 1.54) is 0 Å². The van der Waals surface area contributed by atoms with E-state index in [2.05, 4.69) is 31.9 Å². The zero-order valence-corrected chi connectivity index (χ0v) is 9.61. The van der Waals surface area contributed by atoms with Crippen LogP contribution in [0.5, 0.6) is 0 Å². The number of nitrogens with zero attached hydrogens (tertiary/aromatic N) is 3. The van der Waals surface area contributed by atoms with Crippen LogP contribution in [0.25, 0.3) is 0 Å². The molecule has 0 spiro atoms. The SMILES string of the molecule is CC(Br)(Br)[P+](C#N)(C#N)C#N. The van der Waals surface area contributed by atoms with Gasteiger partial charge in [-0.1, -0.05) is 0 Å². The van der Waals surface area contributed by atoms with Crippen molar-refractivity contribution in [3.63, 3.8) is 0 Å². The lowest BCUT2D eigenvalue weighted by Crippen LogP contribution is -2.07. The van der Waals surface area contributed by atoms with Crippen LogP contribution in [0, 0.1) is 33.2 Å². The van der Waals surface area contributed by atoms with E-state index >= 15 is 0 Å². The molecule has 0 unspecified atom stereocenters. The van der Waals surface area contributed by atoms with E-state index in [0.29, 0.717) is 0 Å². The summed E-state index contributed by atoms with van der Waals surface area (Å²) < 4.78 is -0.884. The van der Waals surface area contributed by atoms with Crippen LogP contribution >= 0.6 is 39.1 Å². The first kappa shape index (κ1) is 10.9. The van der Waals surface area contributed by atoms with Gasteiger partial charge in [0, 0.05) is 0 Å². The van der Waals surface area contributed by atoms with E-state index in [-0.39, 0.29) is 0 Å². The van der Waals surface area contributed by atoms with E-state index in [1.54, 1.807) is 24.4 Å². The van der Waals surface area contributed by atoms with Gasteiger partial charge in [0.25, 0.3) is 17.4 Å². The molecule has 0 bridgehead atoms. The molecule has 0 saturated heterocycles. The van der Waals surface area contributed by atoms with Gasteiger partial charge in [-0.25, -0.2) is 0 Å². The summed E-state index contributed by atoms with van der Waals surface area (Å²) in [6, 6.07) is 0. The molecule has 3 nitrogen and oxygen atoms in total. The van der Waals surface area contributed by atoms with Crippen LogP contribution < -0.4 is 0 Å². The van der Waals surface area contributed by atoms with Crippen molar-refractivity contribution < 1.29 is 0 Å². The van der Waals surface area contributed by atoms with Crippen molar-refractivity contribution in [1.82, 2.24) is 0 Å². The summed E-state index contributed by atoms with van der Waals surface area (Å²) >= 11 is 6.16. The molecule has 0 aromatic carbocycles. The lowest BCUT2D eigenvalue weighted by molar-refractivity contribution is 1.34. The zero-order chi connectivity index (χ0) is 9.12. The molecular weight excluding hydrogens is 293 g/mol. The lowest BCUT2D eigenvalue weighted by atomic mass is 11.0. The summed E-state index contributed by atoms with van der Waals surface area (Å²) in [4.78, 5) is 0. The minimum atomic E-state index is -2.87. The minimum absolute atomic E-state index is 0.884. The van der Waals surface area contributed by atoms with Crippen molar-refractivity contribution in [2.45, 2.75) is 9.90 Å². The number of rotatable bonds is 1. The molecule has 6 heteroatoms. The normalized spacial score (nSPS) is 10.9. The Morgan fingerprint density at radius 1 is 1.09 bits per heavy atom. The van der Waals surface area contributed by atoms with Crippen LogP contribution in [0.15, 0.2) is 0 Å². The third-order valence-electron chi connectivity index (χ3n) is 1.04. The van der Waals surface area contributed by atoms with Gasteiger partial charge in [-0.05, 0) is 38.8 Å². The van der Waals surface area contributed by atoms with Gasteiger partial charge in [-0.3, -0.25) is 0 Å². The molecule has 0 aliphatic carbocycles. The third-order valence-corrected chi connectivity index (χ3v) is 6.31. The summed E-state index contributed by atoms with van der Waals surface area (Å²) in [6.07, 6.45) is 0. The molecule has 0 rings (SSSR count). The topological polar surface area (TPSA) is 71.4 Å². The molecule has 0 amide bonds. The maximum absolute atomic E-state index is 8.61. The van der Waals surface area contributed by atoms with E-state index < -0.39 is 10.2 Å². The fourth-order valence-corrected chi connectivity index (χ4v) is 2.42. The highest BCUT2D eigenvalue weighted by Gasteiger charge is 2.58. The molecule has 0 atom stereocenters. The Hall–Kier alpha value is -0.140. The predicted octanol–water partition coefficient (Wildman–Crippen LogP) is 2.91. The summed E-state index contributed by atoms with van der Waals surface area (Å²) in [5.41, 5.74) is 0. The van der Waals surface area contributed by atoms with Crippen molar-refractivity contribution >= 4 is 39.1 Å². The fourth-order valence-electron chi connectivity index (χ4n) is 0.330. The largest absolute Gasteiger partial charge is 0.355 e. The molecule has 56 valence electrons. The molecule has 0 aliphatic heterocycles. The van der Waals surface area contributed by atoms with Crippen LogP contribution in [0.2, 0.25) is 0 Å². The summed E-state index contributed by atoms with van der Waals surface area (Å²) in [7, 11) is -2.87. The Labute approximate surface area is 82.2 Å². The molecule has 0 saturated carbocycles. The smallest absolute Gasteiger partial charge is 0.149 e. The fraction of sp³-hybridized carbons (Fsp3) is 0.400. The Morgan fingerprint density at radius 3 is 1.36 bits per heavy atom. The standard InChI is InChI=1S/C5H3Br2N3P/c1-5(6,7)11(2-8,3-9)4-10/h1H3/q+1. The number of halogens is 2. The van der Waals surface area contributed by atoms with Crippen molar-refractivity contribution in [2.24, 2.45) is 0 Å². The first-order valence-electron chi connectivity index (χ1n) is 2.44. The highest BCUT2D eigenvalue weighted by atomic mass is 79.9. The average Bonchev–Trinajstić information content (AvgIpc) is 1.90. The molecule has 0 N–H and O–H groups in total. The second kappa shape index (κ2) is 3.51. The zero-order valence-electron chi connectivity index (χ0n) is 5.54. The van der Waals surface area contributed by atoms with Crippen LogP contribution in [0.1, 0.15) is 6.92 Å². The Kier molecular flexibility index (Phi) is 3.46. The van der Waals surface area contributed by atoms with Crippen molar-refractivity contribution in [3.8, 4) is 17.4 Å². The first-order chi connectivity index (χ1) is 4.93. The van der Waals surface area contributed by atoms with Gasteiger partial charge >= 0.3 is 7.26 Å². The Bertz CT molecular complexity index is 238. The van der Waals surface area contributed by atoms with Crippen LogP contribution in [0.4, 0.5) is 0 Å². The van der Waals surface area contributed by atoms with Crippen LogP contribution in [-0.4, -0.2) is 2.97 Å². The molecule has 0 fully saturated rings. The maximum atomic E-state index is 8.61. The summed E-state index contributed by atoms with van der Waals surface area (Å²) in [5, 5.41) is 25.8. The highest BCUT2D eigenvalue weighted by Crippen LogP contribution is 2.71. The van der Waals surface area contributed by atoms with E-state index in [9.17, 15) is 0 Å². The van der Waals surface area contributed by atoms with E-state index in [1.807, 2.05) is 0 Å². The molecule has 0 aromatic rings. The van der Waals surface area contributed by atoms with Gasteiger partial charge in [-0.15, -0.1) is 15.8 Å². The van der Waals surface area contributed by atoms with Crippen LogP contribution in [-0.2, 0) is 0 Å². The maximum Gasteiger partial charge on any atom is 0.355 e. The predicted molar refractivity (Wildman–Crippen MR) is 50.0 cm³/mol. The van der Waals surface area contributed by atoms with Crippen LogP contribution in [0.3, 0.4) is 0 Å². The van der Waals surface area contributed by atoms with E-state index in [4.69, 9.17) is 15.8 Å². The average molecular weight is 296 g/mol. The lowest BCUT2D eigenvalue weighted by Gasteiger charge is -2.11. The van der Waals surface area contributed by atoms with Crippen molar-refractivity contribution in [3.05, 3.63) is 0 Å². The van der Waals surface area contributed by atoms with Crippen molar-refractivity contribution in [2.75, 3.05) is 0 Å². The summed E-state index contributed by atoms with van der Waals surface area (Å²) in [5.74, 6) is 5.25. The molecule has 0 aromatic heterocycles. The molecule has 0 radical (unpaired) electrons. The summed E-state index contributed by atoms with van der Waals surface area (Å²) in [6.45, 7) is 1.58.